The van der Waals surface area contributed by atoms with Crippen LogP contribution in [0.3, 0.4) is 0 Å². The summed E-state index contributed by atoms with van der Waals surface area (Å²) in [6.45, 7) is 3.90. The summed E-state index contributed by atoms with van der Waals surface area (Å²) in [6.07, 6.45) is 2.81. The summed E-state index contributed by atoms with van der Waals surface area (Å²) in [6, 6.07) is 12.7. The third-order valence-corrected chi connectivity index (χ3v) is 8.92. The van der Waals surface area contributed by atoms with Gasteiger partial charge in [-0.15, -0.1) is 17.3 Å². The van der Waals surface area contributed by atoms with Gasteiger partial charge in [0.15, 0.2) is 0 Å². The summed E-state index contributed by atoms with van der Waals surface area (Å²) < 4.78 is 1.67. The highest BCUT2D eigenvalue weighted by molar-refractivity contribution is 8.49. The zero-order valence-corrected chi connectivity index (χ0v) is 19.1. The summed E-state index contributed by atoms with van der Waals surface area (Å²) >= 11 is 4.40. The van der Waals surface area contributed by atoms with Gasteiger partial charge in [0.05, 0.1) is 18.0 Å². The van der Waals surface area contributed by atoms with Crippen molar-refractivity contribution >= 4 is 53.0 Å². The van der Waals surface area contributed by atoms with Gasteiger partial charge in [-0.25, -0.2) is 9.50 Å². The number of piperidine rings is 1. The van der Waals surface area contributed by atoms with Gasteiger partial charge in [-0.1, -0.05) is 0 Å². The molecule has 1 atom stereocenters. The number of anilines is 4. The van der Waals surface area contributed by atoms with Crippen molar-refractivity contribution in [3.05, 3.63) is 42.6 Å². The highest BCUT2D eigenvalue weighted by atomic mass is 32.7. The summed E-state index contributed by atoms with van der Waals surface area (Å²) in [5.74, 6) is 3.13. The summed E-state index contributed by atoms with van der Waals surface area (Å²) in [5.41, 5.74) is 8.97. The molecule has 4 heterocycles. The van der Waals surface area contributed by atoms with Crippen LogP contribution in [0, 0.1) is 0 Å². The first-order valence-electron chi connectivity index (χ1n) is 10.6. The fraction of sp³-hybridized carbons (Fsp3) is 0.381. The quantitative estimate of drug-likeness (QED) is 0.354. The van der Waals surface area contributed by atoms with Crippen molar-refractivity contribution in [1.29, 1.82) is 0 Å². The van der Waals surface area contributed by atoms with Crippen LogP contribution >= 0.6 is 18.6 Å². The highest BCUT2D eigenvalue weighted by Gasteiger charge is 2.27. The van der Waals surface area contributed by atoms with E-state index in [2.05, 4.69) is 61.7 Å². The van der Waals surface area contributed by atoms with Crippen molar-refractivity contribution in [3.63, 3.8) is 0 Å². The van der Waals surface area contributed by atoms with Gasteiger partial charge in [0, 0.05) is 49.8 Å². The Morgan fingerprint density at radius 2 is 1.87 bits per heavy atom. The molecule has 1 unspecified atom stereocenters. The lowest BCUT2D eigenvalue weighted by molar-refractivity contribution is 0.202. The molecule has 10 heteroatoms. The number of nitrogens with zero attached hydrogens (tertiary/aromatic N) is 5. The first-order valence-corrected chi connectivity index (χ1v) is 13.8. The third kappa shape index (κ3) is 4.55. The maximum Gasteiger partial charge on any atom is 0.245 e. The Labute approximate surface area is 187 Å². The number of fused-ring (bicyclic) bond motifs is 1. The molecule has 8 nitrogen and oxygen atoms in total. The van der Waals surface area contributed by atoms with Gasteiger partial charge in [-0.05, 0) is 55.0 Å². The normalized spacial score (nSPS) is 23.1. The maximum atomic E-state index is 10.1. The molecule has 2 aliphatic rings. The van der Waals surface area contributed by atoms with Gasteiger partial charge in [0.1, 0.15) is 5.82 Å². The van der Waals surface area contributed by atoms with Crippen molar-refractivity contribution in [2.75, 3.05) is 48.3 Å². The number of nitrogens with one attached hydrogen (secondary N) is 1. The van der Waals surface area contributed by atoms with Crippen LogP contribution in [0.5, 0.6) is 0 Å². The van der Waals surface area contributed by atoms with E-state index >= 15 is 0 Å². The Hall–Kier alpha value is -2.19. The molecule has 1 saturated heterocycles. The van der Waals surface area contributed by atoms with Gasteiger partial charge in [0.2, 0.25) is 5.95 Å². The molecule has 0 bridgehead atoms. The average molecular weight is 458 g/mol. The Morgan fingerprint density at radius 3 is 2.58 bits per heavy atom. The Balaban J connectivity index is 1.19. The number of hydrogen-bond donors (Lipinski definition) is 4. The number of hydrogen-bond acceptors (Lipinski definition) is 8. The number of aromatic nitrogens is 3. The van der Waals surface area contributed by atoms with E-state index in [1.807, 2.05) is 17.9 Å². The van der Waals surface area contributed by atoms with E-state index < -0.39 is 6.31 Å². The van der Waals surface area contributed by atoms with Crippen molar-refractivity contribution < 1.29 is 4.89 Å². The summed E-state index contributed by atoms with van der Waals surface area (Å²) in [5, 5.41) is 7.69. The number of thiol groups is 1. The largest absolute Gasteiger partial charge is 0.384 e. The summed E-state index contributed by atoms with van der Waals surface area (Å²) in [7, 11) is 0. The zero-order chi connectivity index (χ0) is 21.4. The molecule has 0 saturated carbocycles. The second-order valence-electron chi connectivity index (χ2n) is 8.25. The maximum absolute atomic E-state index is 10.1. The van der Waals surface area contributed by atoms with Crippen molar-refractivity contribution in [3.8, 4) is 0 Å². The molecule has 0 aliphatic carbocycles. The molecule has 2 aliphatic heterocycles. The van der Waals surface area contributed by atoms with E-state index in [9.17, 15) is 4.89 Å². The van der Waals surface area contributed by atoms with E-state index in [0.29, 0.717) is 17.8 Å². The van der Waals surface area contributed by atoms with E-state index in [1.165, 1.54) is 5.69 Å². The third-order valence-electron chi connectivity index (χ3n) is 6.22. The first kappa shape index (κ1) is 20.7. The smallest absolute Gasteiger partial charge is 0.245 e. The predicted octanol–water partition coefficient (Wildman–Crippen LogP) is 2.91. The van der Waals surface area contributed by atoms with Gasteiger partial charge in [-0.2, -0.15) is 0 Å². The van der Waals surface area contributed by atoms with E-state index in [4.69, 9.17) is 5.73 Å². The van der Waals surface area contributed by atoms with Crippen LogP contribution in [0.1, 0.15) is 12.8 Å². The number of benzene rings is 1. The minimum absolute atomic E-state index is 0.512. The standard InChI is InChI=1S/C21H28N7OPS/c22-20-6-5-19-15-23-21(25-28(19)20)24-16-1-3-17(4-2-16)26-9-7-18(8-10-26)27-11-13-30(29,31)14-12-27/h1-6,13,15,18,29,31H,7-12,14,22H2,(H,24,25). The topological polar surface area (TPSA) is 95.0 Å². The van der Waals surface area contributed by atoms with Crippen LogP contribution in [0.2, 0.25) is 0 Å². The second-order valence-corrected chi connectivity index (χ2v) is 12.7. The van der Waals surface area contributed by atoms with Crippen LogP contribution in [-0.4, -0.2) is 68.6 Å². The Bertz CT molecular complexity index is 1120. The van der Waals surface area contributed by atoms with E-state index in [-0.39, 0.29) is 0 Å². The van der Waals surface area contributed by atoms with Crippen LogP contribution in [-0.2, 0) is 0 Å². The fourth-order valence-corrected chi connectivity index (χ4v) is 6.07. The van der Waals surface area contributed by atoms with Crippen LogP contribution in [0.25, 0.3) is 5.52 Å². The van der Waals surface area contributed by atoms with Crippen molar-refractivity contribution in [2.45, 2.75) is 18.9 Å². The van der Waals surface area contributed by atoms with Crippen molar-refractivity contribution in [1.82, 2.24) is 19.5 Å². The molecular weight excluding hydrogens is 429 g/mol. The molecule has 3 aromatic rings. The highest BCUT2D eigenvalue weighted by Crippen LogP contribution is 2.48. The minimum Gasteiger partial charge on any atom is -0.384 e. The van der Waals surface area contributed by atoms with Crippen LogP contribution in [0.4, 0.5) is 23.1 Å². The molecule has 0 spiro atoms. The lowest BCUT2D eigenvalue weighted by Crippen LogP contribution is -2.47. The van der Waals surface area contributed by atoms with Crippen LogP contribution < -0.4 is 16.0 Å². The average Bonchev–Trinajstić information content (AvgIpc) is 3.15. The fourth-order valence-electron chi connectivity index (χ4n) is 4.38. The zero-order valence-electron chi connectivity index (χ0n) is 17.3. The lowest BCUT2D eigenvalue weighted by atomic mass is 10.0. The second kappa shape index (κ2) is 8.39. The lowest BCUT2D eigenvalue weighted by Gasteiger charge is -2.41. The molecule has 0 amide bonds. The van der Waals surface area contributed by atoms with E-state index in [0.717, 1.165) is 56.4 Å². The Kier molecular flexibility index (Phi) is 5.60. The number of nitrogens with two attached hydrogens (primary N) is 1. The molecule has 1 fully saturated rings. The minimum atomic E-state index is -2.03. The molecule has 5 rings (SSSR count). The number of nitrogen functional groups attached to an aromatic ring is 1. The number of rotatable bonds is 4. The molecule has 2 aromatic heterocycles. The monoisotopic (exact) mass is 457 g/mol. The van der Waals surface area contributed by atoms with E-state index in [1.54, 1.807) is 10.7 Å². The Morgan fingerprint density at radius 1 is 1.10 bits per heavy atom. The predicted molar refractivity (Wildman–Crippen MR) is 133 cm³/mol. The molecular formula is C21H28N7OPS. The van der Waals surface area contributed by atoms with Gasteiger partial charge in [-0.3, -0.25) is 4.90 Å². The molecule has 1 aromatic carbocycles. The van der Waals surface area contributed by atoms with Gasteiger partial charge < -0.3 is 20.8 Å². The van der Waals surface area contributed by atoms with Gasteiger partial charge >= 0.3 is 0 Å². The summed E-state index contributed by atoms with van der Waals surface area (Å²) in [4.78, 5) is 19.4. The molecule has 164 valence electrons. The first-order chi connectivity index (χ1) is 15.0. The molecule has 0 radical (unpaired) electrons. The van der Waals surface area contributed by atoms with Crippen LogP contribution in [0.15, 0.2) is 42.6 Å². The SMILES string of the molecule is Nc1ccc2cnc(Nc3ccc(N4CCC(N5CC=P(O)(S)CC5)CC4)cc3)nn12. The molecule has 31 heavy (non-hydrogen) atoms. The van der Waals surface area contributed by atoms with Gasteiger partial charge in [0.25, 0.3) is 0 Å². The van der Waals surface area contributed by atoms with Crippen molar-refractivity contribution in [2.24, 2.45) is 0 Å². The molecule has 4 N–H and O–H groups in total.